The van der Waals surface area contributed by atoms with E-state index in [1.54, 1.807) is 4.90 Å². The van der Waals surface area contributed by atoms with E-state index in [0.29, 0.717) is 13.1 Å². The van der Waals surface area contributed by atoms with Crippen molar-refractivity contribution >= 4 is 23.8 Å². The number of urea groups is 1. The van der Waals surface area contributed by atoms with Crippen LogP contribution in [0.3, 0.4) is 0 Å². The Morgan fingerprint density at radius 3 is 2.55 bits per heavy atom. The van der Waals surface area contributed by atoms with E-state index < -0.39 is 18.0 Å². The van der Waals surface area contributed by atoms with Crippen LogP contribution in [-0.4, -0.2) is 62.0 Å². The van der Waals surface area contributed by atoms with Crippen molar-refractivity contribution in [3.8, 4) is 0 Å². The van der Waals surface area contributed by atoms with Crippen LogP contribution in [0.2, 0.25) is 0 Å². The Balaban J connectivity index is 2.08. The number of benzene rings is 1. The van der Waals surface area contributed by atoms with Crippen LogP contribution in [-0.2, 0) is 19.1 Å². The van der Waals surface area contributed by atoms with Crippen molar-refractivity contribution in [1.29, 1.82) is 0 Å². The molecule has 0 bridgehead atoms. The number of hydrogen-bond donors (Lipinski definition) is 3. The number of rotatable bonds is 5. The lowest BCUT2D eigenvalue weighted by molar-refractivity contribution is -0.139. The Bertz CT molecular complexity index is 710. The van der Waals surface area contributed by atoms with Crippen LogP contribution in [0, 0.1) is 0 Å². The van der Waals surface area contributed by atoms with Crippen molar-refractivity contribution in [2.75, 3.05) is 33.3 Å². The molecule has 158 valence electrons. The van der Waals surface area contributed by atoms with Crippen LogP contribution in [0.25, 0.3) is 0 Å². The zero-order chi connectivity index (χ0) is 21.1. The monoisotopic (exact) mass is 404 g/mol. The number of ether oxygens (including phenoxy) is 1. The maximum atomic E-state index is 12.9. The Kier molecular flexibility index (Phi) is 8.94. The molecule has 1 saturated heterocycles. The van der Waals surface area contributed by atoms with E-state index >= 15 is 0 Å². The van der Waals surface area contributed by atoms with Gasteiger partial charge < -0.3 is 25.6 Å². The van der Waals surface area contributed by atoms with Crippen molar-refractivity contribution in [2.24, 2.45) is 0 Å². The third-order valence-corrected chi connectivity index (χ3v) is 4.68. The molecular weight excluding hydrogens is 376 g/mol. The van der Waals surface area contributed by atoms with Gasteiger partial charge in [-0.1, -0.05) is 30.3 Å². The zero-order valence-electron chi connectivity index (χ0n) is 16.6. The second-order valence-corrected chi connectivity index (χ2v) is 6.74. The largest absolute Gasteiger partial charge is 0.468 e. The number of nitrogens with one attached hydrogen (secondary N) is 3. The molecule has 0 aliphatic carbocycles. The van der Waals surface area contributed by atoms with Crippen LogP contribution in [0.4, 0.5) is 4.79 Å². The van der Waals surface area contributed by atoms with Crippen LogP contribution >= 0.6 is 0 Å². The summed E-state index contributed by atoms with van der Waals surface area (Å²) in [6, 6.07) is 8.34. The number of nitrogens with zero attached hydrogens (tertiary/aromatic N) is 1. The van der Waals surface area contributed by atoms with Crippen molar-refractivity contribution in [1.82, 2.24) is 20.9 Å². The van der Waals surface area contributed by atoms with Gasteiger partial charge in [0.05, 0.1) is 26.1 Å². The lowest BCUT2D eigenvalue weighted by Gasteiger charge is -2.33. The molecular formula is C20H28N4O5. The quantitative estimate of drug-likeness (QED) is 0.625. The summed E-state index contributed by atoms with van der Waals surface area (Å²) in [7, 11) is 1.22. The first-order valence-electron chi connectivity index (χ1n) is 9.71. The molecule has 9 heteroatoms. The zero-order valence-corrected chi connectivity index (χ0v) is 16.6. The summed E-state index contributed by atoms with van der Waals surface area (Å²) < 4.78 is 4.45. The van der Waals surface area contributed by atoms with E-state index in [2.05, 4.69) is 20.7 Å². The number of hydrogen-bond acceptors (Lipinski definition) is 5. The van der Waals surface area contributed by atoms with E-state index in [1.807, 2.05) is 30.3 Å². The fourth-order valence-electron chi connectivity index (χ4n) is 3.14. The molecule has 1 atom stereocenters. The van der Waals surface area contributed by atoms with Gasteiger partial charge in [-0.25, -0.2) is 4.79 Å². The van der Waals surface area contributed by atoms with Crippen molar-refractivity contribution < 1.29 is 23.9 Å². The third kappa shape index (κ3) is 7.44. The molecule has 1 aliphatic rings. The van der Waals surface area contributed by atoms with Gasteiger partial charge in [0.25, 0.3) is 0 Å². The summed E-state index contributed by atoms with van der Waals surface area (Å²) in [6.45, 7) is 0.609. The van der Waals surface area contributed by atoms with Crippen molar-refractivity contribution in [3.05, 3.63) is 35.9 Å². The molecule has 1 fully saturated rings. The van der Waals surface area contributed by atoms with Gasteiger partial charge in [-0.2, -0.15) is 0 Å². The molecule has 2 rings (SSSR count). The van der Waals surface area contributed by atoms with Gasteiger partial charge in [0.2, 0.25) is 11.8 Å². The highest BCUT2D eigenvalue weighted by molar-refractivity contribution is 5.86. The number of amides is 4. The molecule has 29 heavy (non-hydrogen) atoms. The highest BCUT2D eigenvalue weighted by Crippen LogP contribution is 2.25. The molecule has 9 nitrogen and oxygen atoms in total. The molecule has 0 radical (unpaired) electrons. The number of carbonyl (C=O) groups excluding carboxylic acids is 4. The summed E-state index contributed by atoms with van der Waals surface area (Å²) >= 11 is 0. The topological polar surface area (TPSA) is 117 Å². The summed E-state index contributed by atoms with van der Waals surface area (Å²) in [6.07, 6.45) is 2.71. The van der Waals surface area contributed by atoms with Crippen molar-refractivity contribution in [3.63, 3.8) is 0 Å². The minimum atomic E-state index is -0.640. The first-order valence-corrected chi connectivity index (χ1v) is 9.71. The second-order valence-electron chi connectivity index (χ2n) is 6.74. The van der Waals surface area contributed by atoms with E-state index in [0.717, 1.165) is 24.8 Å². The third-order valence-electron chi connectivity index (χ3n) is 4.68. The molecule has 1 aromatic carbocycles. The minimum absolute atomic E-state index is 0.109. The first kappa shape index (κ1) is 22.2. The number of carbonyl (C=O) groups is 4. The summed E-state index contributed by atoms with van der Waals surface area (Å²) in [4.78, 5) is 49.8. The van der Waals surface area contributed by atoms with Gasteiger partial charge in [0, 0.05) is 13.1 Å². The SMILES string of the molecule is COC(=O)CNC(=O)NCC(=O)N1CCCCCNC(=O)CC1c1ccccc1. The predicted octanol–water partition coefficient (Wildman–Crippen LogP) is 0.719. The fraction of sp³-hybridized carbons (Fsp3) is 0.500. The minimum Gasteiger partial charge on any atom is -0.468 e. The maximum absolute atomic E-state index is 12.9. The van der Waals surface area contributed by atoms with Gasteiger partial charge in [0.15, 0.2) is 0 Å². The Morgan fingerprint density at radius 1 is 1.10 bits per heavy atom. The molecule has 0 spiro atoms. The maximum Gasteiger partial charge on any atom is 0.325 e. The fourth-order valence-corrected chi connectivity index (χ4v) is 3.14. The molecule has 0 aromatic heterocycles. The highest BCUT2D eigenvalue weighted by Gasteiger charge is 2.27. The first-order chi connectivity index (χ1) is 14.0. The molecule has 1 aromatic rings. The normalized spacial score (nSPS) is 17.6. The van der Waals surface area contributed by atoms with E-state index in [4.69, 9.17) is 0 Å². The highest BCUT2D eigenvalue weighted by atomic mass is 16.5. The van der Waals surface area contributed by atoms with E-state index in [-0.39, 0.29) is 31.3 Å². The number of esters is 1. The van der Waals surface area contributed by atoms with Gasteiger partial charge in [-0.15, -0.1) is 0 Å². The molecule has 1 unspecified atom stereocenters. The van der Waals surface area contributed by atoms with Gasteiger partial charge >= 0.3 is 12.0 Å². The standard InChI is InChI=1S/C20H28N4O5/c1-29-19(27)14-23-20(28)22-13-18(26)24-11-7-3-6-10-21-17(25)12-16(24)15-8-4-2-5-9-15/h2,4-5,8-9,16H,3,6-7,10-14H2,1H3,(H,21,25)(H2,22,23,28). The average molecular weight is 404 g/mol. The van der Waals surface area contributed by atoms with E-state index in [1.165, 1.54) is 7.11 Å². The summed E-state index contributed by atoms with van der Waals surface area (Å²) in [5.41, 5.74) is 0.867. The molecule has 3 N–H and O–H groups in total. The van der Waals surface area contributed by atoms with Crippen LogP contribution in [0.1, 0.15) is 37.3 Å². The summed E-state index contributed by atoms with van der Waals surface area (Å²) in [5, 5.41) is 7.67. The lowest BCUT2D eigenvalue weighted by atomic mass is 10.00. The van der Waals surface area contributed by atoms with Gasteiger partial charge in [-0.05, 0) is 24.8 Å². The number of methoxy groups -OCH3 is 1. The molecule has 1 aliphatic heterocycles. The van der Waals surface area contributed by atoms with E-state index in [9.17, 15) is 19.2 Å². The lowest BCUT2D eigenvalue weighted by Crippen LogP contribution is -2.47. The Labute approximate surface area is 170 Å². The van der Waals surface area contributed by atoms with Crippen LogP contribution in [0.5, 0.6) is 0 Å². The second kappa shape index (κ2) is 11.7. The Morgan fingerprint density at radius 2 is 1.83 bits per heavy atom. The van der Waals surface area contributed by atoms with Gasteiger partial charge in [0.1, 0.15) is 6.54 Å². The predicted molar refractivity (Wildman–Crippen MR) is 106 cm³/mol. The van der Waals surface area contributed by atoms with Crippen LogP contribution < -0.4 is 16.0 Å². The van der Waals surface area contributed by atoms with Crippen molar-refractivity contribution in [2.45, 2.75) is 31.7 Å². The van der Waals surface area contributed by atoms with Gasteiger partial charge in [-0.3, -0.25) is 14.4 Å². The molecule has 0 saturated carbocycles. The molecule has 4 amide bonds. The Hall–Kier alpha value is -3.10. The van der Waals surface area contributed by atoms with Crippen LogP contribution in [0.15, 0.2) is 30.3 Å². The molecule has 1 heterocycles. The average Bonchev–Trinajstić information content (AvgIpc) is 2.74. The smallest absolute Gasteiger partial charge is 0.325 e. The summed E-state index contributed by atoms with van der Waals surface area (Å²) in [5.74, 6) is -0.986.